The second kappa shape index (κ2) is 3.90. The molecule has 0 saturated heterocycles. The zero-order valence-electron chi connectivity index (χ0n) is 11.1. The van der Waals surface area contributed by atoms with Crippen LogP contribution in [0.3, 0.4) is 0 Å². The normalized spacial score (nSPS) is 44.1. The number of hydrogen-bond acceptors (Lipinski definition) is 3. The molecule has 4 rings (SSSR count). The summed E-state index contributed by atoms with van der Waals surface area (Å²) >= 11 is 0. The molecular formula is C16H20N2O. The third kappa shape index (κ3) is 1.55. The molecule has 2 saturated carbocycles. The van der Waals surface area contributed by atoms with Gasteiger partial charge in [-0.2, -0.15) is 0 Å². The molecule has 2 aliphatic carbocycles. The van der Waals surface area contributed by atoms with Crippen LogP contribution in [0.15, 0.2) is 35.3 Å². The van der Waals surface area contributed by atoms with Crippen LogP contribution in [-0.2, 0) is 4.74 Å². The first-order valence-electron chi connectivity index (χ1n) is 7.24. The first-order chi connectivity index (χ1) is 9.23. The fourth-order valence-corrected chi connectivity index (χ4v) is 4.51. The van der Waals surface area contributed by atoms with Gasteiger partial charge in [-0.05, 0) is 43.1 Å². The number of nitrogens with zero attached hydrogens (tertiary/aromatic N) is 1. The van der Waals surface area contributed by atoms with Gasteiger partial charge in [0, 0.05) is 11.6 Å². The molecule has 1 aliphatic heterocycles. The molecule has 100 valence electrons. The molecule has 2 N–H and O–H groups in total. The molecule has 3 aliphatic rings. The summed E-state index contributed by atoms with van der Waals surface area (Å²) in [5.74, 6) is 0.627. The Hall–Kier alpha value is -1.19. The zero-order valence-corrected chi connectivity index (χ0v) is 11.1. The Balaban J connectivity index is 1.66. The standard InChI is InChI=1S/C16H20N2O/c17-16(18-8-9-19-16)15-7-6-13(10-15)14(11-15)12-4-2-1-3-5-12/h1-5,8,13-14H,6-7,9-11,17H2/t13-,14?,15-,16?/m0/s1. The van der Waals surface area contributed by atoms with Gasteiger partial charge >= 0.3 is 0 Å². The first kappa shape index (κ1) is 11.6. The molecule has 4 atom stereocenters. The minimum Gasteiger partial charge on any atom is -0.335 e. The van der Waals surface area contributed by atoms with Crippen molar-refractivity contribution in [2.45, 2.75) is 37.5 Å². The van der Waals surface area contributed by atoms with Crippen LogP contribution in [0.2, 0.25) is 0 Å². The minimum absolute atomic E-state index is 0.0607. The predicted octanol–water partition coefficient (Wildman–Crippen LogP) is 2.67. The average Bonchev–Trinajstić information content (AvgIpc) is 3.15. The van der Waals surface area contributed by atoms with Crippen molar-refractivity contribution in [3.8, 4) is 0 Å². The van der Waals surface area contributed by atoms with Crippen LogP contribution in [0.25, 0.3) is 0 Å². The van der Waals surface area contributed by atoms with Crippen LogP contribution < -0.4 is 5.73 Å². The second-order valence-corrected chi connectivity index (χ2v) is 6.32. The Morgan fingerprint density at radius 3 is 2.79 bits per heavy atom. The van der Waals surface area contributed by atoms with E-state index in [9.17, 15) is 0 Å². The molecule has 1 aromatic carbocycles. The monoisotopic (exact) mass is 256 g/mol. The van der Waals surface area contributed by atoms with Crippen LogP contribution in [0, 0.1) is 11.3 Å². The highest BCUT2D eigenvalue weighted by Crippen LogP contribution is 2.64. The van der Waals surface area contributed by atoms with Gasteiger partial charge in [0.05, 0.1) is 6.61 Å². The number of nitrogens with two attached hydrogens (primary N) is 1. The molecule has 0 aromatic heterocycles. The Bertz CT molecular complexity index is 515. The van der Waals surface area contributed by atoms with Crippen molar-refractivity contribution < 1.29 is 4.74 Å². The van der Waals surface area contributed by atoms with E-state index in [1.165, 1.54) is 18.4 Å². The van der Waals surface area contributed by atoms with Crippen molar-refractivity contribution in [3.63, 3.8) is 0 Å². The Morgan fingerprint density at radius 1 is 1.21 bits per heavy atom. The van der Waals surface area contributed by atoms with E-state index in [4.69, 9.17) is 10.5 Å². The van der Waals surface area contributed by atoms with Crippen molar-refractivity contribution in [3.05, 3.63) is 35.9 Å². The zero-order chi connectivity index (χ0) is 12.9. The largest absolute Gasteiger partial charge is 0.335 e. The van der Waals surface area contributed by atoms with Crippen LogP contribution >= 0.6 is 0 Å². The summed E-state index contributed by atoms with van der Waals surface area (Å²) in [5.41, 5.74) is 7.98. The van der Waals surface area contributed by atoms with E-state index in [0.717, 1.165) is 18.8 Å². The minimum atomic E-state index is -0.759. The van der Waals surface area contributed by atoms with Gasteiger partial charge in [0.1, 0.15) is 0 Å². The van der Waals surface area contributed by atoms with E-state index >= 15 is 0 Å². The fourth-order valence-electron chi connectivity index (χ4n) is 4.51. The van der Waals surface area contributed by atoms with Gasteiger partial charge in [-0.3, -0.25) is 5.73 Å². The molecule has 2 bridgehead atoms. The maximum Gasteiger partial charge on any atom is 0.218 e. The third-order valence-corrected chi connectivity index (χ3v) is 5.47. The summed E-state index contributed by atoms with van der Waals surface area (Å²) in [5, 5.41) is 0. The highest BCUT2D eigenvalue weighted by Gasteiger charge is 2.61. The van der Waals surface area contributed by atoms with E-state index in [-0.39, 0.29) is 5.41 Å². The molecule has 3 heteroatoms. The van der Waals surface area contributed by atoms with Crippen LogP contribution in [0.5, 0.6) is 0 Å². The summed E-state index contributed by atoms with van der Waals surface area (Å²) in [6.07, 6.45) is 6.54. The highest BCUT2D eigenvalue weighted by atomic mass is 16.5. The average molecular weight is 256 g/mol. The molecule has 2 unspecified atom stereocenters. The fraction of sp³-hybridized carbons (Fsp3) is 0.562. The van der Waals surface area contributed by atoms with Gasteiger partial charge in [0.25, 0.3) is 0 Å². The van der Waals surface area contributed by atoms with E-state index in [0.29, 0.717) is 12.5 Å². The number of aliphatic imine (C=N–C) groups is 1. The summed E-state index contributed by atoms with van der Waals surface area (Å²) in [7, 11) is 0. The van der Waals surface area contributed by atoms with Crippen molar-refractivity contribution >= 4 is 6.21 Å². The maximum atomic E-state index is 6.46. The topological polar surface area (TPSA) is 47.6 Å². The summed E-state index contributed by atoms with van der Waals surface area (Å²) < 4.78 is 5.79. The van der Waals surface area contributed by atoms with Crippen molar-refractivity contribution in [1.29, 1.82) is 0 Å². The van der Waals surface area contributed by atoms with Crippen molar-refractivity contribution in [2.24, 2.45) is 22.1 Å². The van der Waals surface area contributed by atoms with E-state index in [2.05, 4.69) is 35.3 Å². The van der Waals surface area contributed by atoms with E-state index in [1.54, 1.807) is 0 Å². The lowest BCUT2D eigenvalue weighted by atomic mass is 9.74. The smallest absolute Gasteiger partial charge is 0.218 e. The summed E-state index contributed by atoms with van der Waals surface area (Å²) in [6.45, 7) is 0.568. The number of fused-ring (bicyclic) bond motifs is 2. The summed E-state index contributed by atoms with van der Waals surface area (Å²) in [4.78, 5) is 4.48. The maximum absolute atomic E-state index is 6.46. The first-order valence-corrected chi connectivity index (χ1v) is 7.24. The van der Waals surface area contributed by atoms with Gasteiger partial charge in [0.2, 0.25) is 5.85 Å². The quantitative estimate of drug-likeness (QED) is 0.884. The van der Waals surface area contributed by atoms with Crippen molar-refractivity contribution in [2.75, 3.05) is 6.61 Å². The molecule has 2 fully saturated rings. The van der Waals surface area contributed by atoms with Crippen LogP contribution in [0.4, 0.5) is 0 Å². The number of rotatable bonds is 2. The molecule has 0 amide bonds. The molecule has 1 heterocycles. The highest BCUT2D eigenvalue weighted by molar-refractivity contribution is 5.61. The van der Waals surface area contributed by atoms with Gasteiger partial charge < -0.3 is 4.74 Å². The molecule has 3 nitrogen and oxygen atoms in total. The molecule has 0 radical (unpaired) electrons. The van der Waals surface area contributed by atoms with Gasteiger partial charge in [-0.25, -0.2) is 4.99 Å². The Morgan fingerprint density at radius 2 is 2.05 bits per heavy atom. The lowest BCUT2D eigenvalue weighted by Crippen LogP contribution is -2.52. The SMILES string of the molecule is NC1([C@@]23CC[C@@H](C2)C(c2ccccc2)C3)N=CCO1. The Labute approximate surface area is 113 Å². The lowest BCUT2D eigenvalue weighted by Gasteiger charge is -2.40. The van der Waals surface area contributed by atoms with Crippen LogP contribution in [0.1, 0.15) is 37.2 Å². The van der Waals surface area contributed by atoms with E-state index in [1.807, 2.05) is 6.21 Å². The van der Waals surface area contributed by atoms with Gasteiger partial charge in [0.15, 0.2) is 0 Å². The molecule has 1 aromatic rings. The number of hydrogen-bond donors (Lipinski definition) is 1. The molecule has 0 spiro atoms. The second-order valence-electron chi connectivity index (χ2n) is 6.32. The summed E-state index contributed by atoms with van der Waals surface area (Å²) in [6, 6.07) is 10.9. The van der Waals surface area contributed by atoms with Gasteiger partial charge in [-0.15, -0.1) is 0 Å². The number of benzene rings is 1. The number of ether oxygens (including phenoxy) is 1. The molecular weight excluding hydrogens is 236 g/mol. The van der Waals surface area contributed by atoms with Crippen molar-refractivity contribution in [1.82, 2.24) is 0 Å². The molecule has 19 heavy (non-hydrogen) atoms. The van der Waals surface area contributed by atoms with Gasteiger partial charge in [-0.1, -0.05) is 30.3 Å². The Kier molecular flexibility index (Phi) is 2.39. The van der Waals surface area contributed by atoms with E-state index < -0.39 is 5.85 Å². The lowest BCUT2D eigenvalue weighted by molar-refractivity contribution is -0.0982. The van der Waals surface area contributed by atoms with Crippen LogP contribution in [-0.4, -0.2) is 18.7 Å². The third-order valence-electron chi connectivity index (χ3n) is 5.47. The predicted molar refractivity (Wildman–Crippen MR) is 74.9 cm³/mol.